The number of hydrogen-bond acceptors (Lipinski definition) is 0. The van der Waals surface area contributed by atoms with E-state index in [2.05, 4.69) is 19.6 Å². The molecule has 0 bridgehead atoms. The van der Waals surface area contributed by atoms with Gasteiger partial charge in [0.05, 0.1) is 8.07 Å². The van der Waals surface area contributed by atoms with Crippen molar-refractivity contribution in [3.63, 3.8) is 0 Å². The molecule has 0 nitrogen and oxygen atoms in total. The topological polar surface area (TPSA) is 0 Å². The van der Waals surface area contributed by atoms with Crippen LogP contribution in [-0.4, -0.2) is 8.07 Å². The van der Waals surface area contributed by atoms with Crippen LogP contribution >= 0.6 is 0 Å². The molecule has 1 unspecified atom stereocenters. The third-order valence-electron chi connectivity index (χ3n) is 3.53. The molecule has 1 saturated carbocycles. The van der Waals surface area contributed by atoms with Gasteiger partial charge >= 0.3 is 0 Å². The fourth-order valence-corrected chi connectivity index (χ4v) is 5.52. The van der Waals surface area contributed by atoms with Crippen molar-refractivity contribution in [3.8, 4) is 0 Å². The second-order valence-electron chi connectivity index (χ2n) is 5.69. The standard InChI is InChI=1S/C12H22Si/c1-13(2,3)12-10-8-6-4-5-7-9-11(10)12/h10H,4-9H2,1-3H3. The first-order valence-electron chi connectivity index (χ1n) is 5.84. The molecule has 1 heteroatoms. The Kier molecular flexibility index (Phi) is 2.39. The highest BCUT2D eigenvalue weighted by molar-refractivity contribution is 6.84. The van der Waals surface area contributed by atoms with Gasteiger partial charge in [-0.2, -0.15) is 0 Å². The van der Waals surface area contributed by atoms with Gasteiger partial charge in [-0.3, -0.25) is 0 Å². The molecule has 0 amide bonds. The fourth-order valence-electron chi connectivity index (χ4n) is 2.97. The van der Waals surface area contributed by atoms with E-state index in [9.17, 15) is 0 Å². The van der Waals surface area contributed by atoms with Crippen molar-refractivity contribution in [2.24, 2.45) is 5.92 Å². The lowest BCUT2D eigenvalue weighted by Crippen LogP contribution is -2.20. The summed E-state index contributed by atoms with van der Waals surface area (Å²) in [6.07, 6.45) is 8.87. The Morgan fingerprint density at radius 3 is 2.38 bits per heavy atom. The van der Waals surface area contributed by atoms with Gasteiger partial charge in [0.1, 0.15) is 0 Å². The zero-order valence-electron chi connectivity index (χ0n) is 9.32. The van der Waals surface area contributed by atoms with Crippen LogP contribution in [-0.2, 0) is 0 Å². The summed E-state index contributed by atoms with van der Waals surface area (Å²) in [7, 11) is -0.917. The first kappa shape index (κ1) is 9.51. The minimum absolute atomic E-state index is 0.917. The molecular formula is C12H22Si. The largest absolute Gasteiger partial charge is 0.0743 e. The Balaban J connectivity index is 2.05. The second-order valence-corrected chi connectivity index (χ2v) is 10.7. The summed E-state index contributed by atoms with van der Waals surface area (Å²) in [4.78, 5) is 0. The molecule has 0 aromatic carbocycles. The van der Waals surface area contributed by atoms with Gasteiger partial charge in [-0.05, 0) is 25.2 Å². The van der Waals surface area contributed by atoms with Crippen LogP contribution in [0.15, 0.2) is 10.8 Å². The van der Waals surface area contributed by atoms with Crippen LogP contribution in [0.3, 0.4) is 0 Å². The lowest BCUT2D eigenvalue weighted by molar-refractivity contribution is 0.557. The summed E-state index contributed by atoms with van der Waals surface area (Å²) in [6.45, 7) is 7.54. The predicted octanol–water partition coefficient (Wildman–Crippen LogP) is 4.14. The average molecular weight is 194 g/mol. The molecule has 0 aromatic rings. The van der Waals surface area contributed by atoms with E-state index in [1.54, 1.807) is 0 Å². The minimum Gasteiger partial charge on any atom is -0.0743 e. The monoisotopic (exact) mass is 194 g/mol. The first-order chi connectivity index (χ1) is 6.11. The molecule has 1 atom stereocenters. The summed E-state index contributed by atoms with van der Waals surface area (Å²) in [5.41, 5.74) is 1.90. The number of rotatable bonds is 1. The van der Waals surface area contributed by atoms with Crippen LogP contribution in [0.4, 0.5) is 0 Å². The van der Waals surface area contributed by atoms with Gasteiger partial charge in [-0.1, -0.05) is 49.7 Å². The van der Waals surface area contributed by atoms with Crippen molar-refractivity contribution >= 4 is 8.07 Å². The summed E-state index contributed by atoms with van der Waals surface area (Å²) in [6, 6.07) is 0. The van der Waals surface area contributed by atoms with Gasteiger partial charge in [-0.25, -0.2) is 0 Å². The van der Waals surface area contributed by atoms with Crippen molar-refractivity contribution in [2.75, 3.05) is 0 Å². The highest BCUT2D eigenvalue weighted by Crippen LogP contribution is 2.51. The van der Waals surface area contributed by atoms with E-state index < -0.39 is 8.07 Å². The van der Waals surface area contributed by atoms with Gasteiger partial charge < -0.3 is 0 Å². The molecule has 0 aliphatic heterocycles. The first-order valence-corrected chi connectivity index (χ1v) is 9.34. The van der Waals surface area contributed by atoms with E-state index in [1.165, 1.54) is 38.5 Å². The Bertz CT molecular complexity index is 232. The maximum atomic E-state index is 2.51. The van der Waals surface area contributed by atoms with E-state index in [4.69, 9.17) is 0 Å². The molecule has 1 fully saturated rings. The summed E-state index contributed by atoms with van der Waals surface area (Å²) >= 11 is 0. The van der Waals surface area contributed by atoms with Crippen LogP contribution in [0.2, 0.25) is 19.6 Å². The van der Waals surface area contributed by atoms with Gasteiger partial charge in [0.15, 0.2) is 0 Å². The third kappa shape index (κ3) is 1.90. The molecule has 2 aliphatic rings. The quantitative estimate of drug-likeness (QED) is 0.550. The molecule has 13 heavy (non-hydrogen) atoms. The SMILES string of the molecule is C[Si](C)(C)C1=C2CCCCCCC21. The lowest BCUT2D eigenvalue weighted by Gasteiger charge is -2.13. The number of hydrogen-bond donors (Lipinski definition) is 0. The maximum Gasteiger partial charge on any atom is 0.0732 e. The Morgan fingerprint density at radius 1 is 1.00 bits per heavy atom. The van der Waals surface area contributed by atoms with E-state index >= 15 is 0 Å². The normalized spacial score (nSPS) is 29.3. The van der Waals surface area contributed by atoms with Gasteiger partial charge in [-0.15, -0.1) is 0 Å². The van der Waals surface area contributed by atoms with E-state index in [0.717, 1.165) is 5.92 Å². The average Bonchev–Trinajstić information content (AvgIpc) is 2.59. The van der Waals surface area contributed by atoms with Crippen molar-refractivity contribution in [1.82, 2.24) is 0 Å². The molecule has 0 saturated heterocycles. The molecule has 0 heterocycles. The van der Waals surface area contributed by atoms with Crippen molar-refractivity contribution in [1.29, 1.82) is 0 Å². The molecule has 2 rings (SSSR count). The summed E-state index contributed by atoms with van der Waals surface area (Å²) < 4.78 is 0. The number of fused-ring (bicyclic) bond motifs is 1. The van der Waals surface area contributed by atoms with Crippen molar-refractivity contribution < 1.29 is 0 Å². The molecular weight excluding hydrogens is 172 g/mol. The molecule has 2 aliphatic carbocycles. The Morgan fingerprint density at radius 2 is 1.69 bits per heavy atom. The minimum atomic E-state index is -0.917. The van der Waals surface area contributed by atoms with Crippen LogP contribution in [0, 0.1) is 5.92 Å². The van der Waals surface area contributed by atoms with Crippen molar-refractivity contribution in [3.05, 3.63) is 10.8 Å². The predicted molar refractivity (Wildman–Crippen MR) is 61.6 cm³/mol. The Hall–Kier alpha value is -0.0431. The van der Waals surface area contributed by atoms with E-state index in [-0.39, 0.29) is 0 Å². The highest BCUT2D eigenvalue weighted by Gasteiger charge is 2.42. The van der Waals surface area contributed by atoms with E-state index in [0.29, 0.717) is 0 Å². The molecule has 74 valence electrons. The second kappa shape index (κ2) is 3.27. The third-order valence-corrected chi connectivity index (χ3v) is 5.81. The van der Waals surface area contributed by atoms with Crippen LogP contribution in [0.1, 0.15) is 38.5 Å². The zero-order valence-corrected chi connectivity index (χ0v) is 10.3. The highest BCUT2D eigenvalue weighted by atomic mass is 28.3. The van der Waals surface area contributed by atoms with Gasteiger partial charge in [0, 0.05) is 0 Å². The van der Waals surface area contributed by atoms with Crippen LogP contribution in [0.5, 0.6) is 0 Å². The van der Waals surface area contributed by atoms with Gasteiger partial charge in [0.25, 0.3) is 0 Å². The molecule has 0 N–H and O–H groups in total. The summed E-state index contributed by atoms with van der Waals surface area (Å²) in [5, 5.41) is 1.95. The molecule has 0 spiro atoms. The molecule has 0 aromatic heterocycles. The summed E-state index contributed by atoms with van der Waals surface area (Å²) in [5.74, 6) is 1.01. The zero-order chi connectivity index (χ0) is 9.47. The Labute approximate surface area is 83.4 Å². The van der Waals surface area contributed by atoms with Crippen molar-refractivity contribution in [2.45, 2.75) is 58.2 Å². The lowest BCUT2D eigenvalue weighted by atomic mass is 10.0. The fraction of sp³-hybridized carbons (Fsp3) is 0.833. The van der Waals surface area contributed by atoms with Crippen LogP contribution in [0.25, 0.3) is 0 Å². The molecule has 0 radical (unpaired) electrons. The smallest absolute Gasteiger partial charge is 0.0732 e. The van der Waals surface area contributed by atoms with E-state index in [1.807, 2.05) is 10.8 Å². The number of allylic oxidation sites excluding steroid dienone is 2. The maximum absolute atomic E-state index is 2.51. The van der Waals surface area contributed by atoms with Crippen LogP contribution < -0.4 is 0 Å². The van der Waals surface area contributed by atoms with Gasteiger partial charge in [0.2, 0.25) is 0 Å².